The van der Waals surface area contributed by atoms with Gasteiger partial charge in [-0.3, -0.25) is 4.68 Å². The molecule has 0 radical (unpaired) electrons. The van der Waals surface area contributed by atoms with Gasteiger partial charge in [-0.2, -0.15) is 5.10 Å². The summed E-state index contributed by atoms with van der Waals surface area (Å²) < 4.78 is 3.98. The summed E-state index contributed by atoms with van der Waals surface area (Å²) in [6, 6.07) is 6.03. The predicted octanol–water partition coefficient (Wildman–Crippen LogP) is 3.87. The third-order valence-corrected chi connectivity index (χ3v) is 4.08. The molecule has 0 fully saturated rings. The Labute approximate surface area is 117 Å². The largest absolute Gasteiger partial charge is 0.379 e. The Balaban J connectivity index is 2.15. The Hall–Kier alpha value is -0.810. The first-order chi connectivity index (χ1) is 8.09. The highest BCUT2D eigenvalue weighted by Gasteiger charge is 2.07. The minimum atomic E-state index is 0.765. The second-order valence-electron chi connectivity index (χ2n) is 3.83. The minimum Gasteiger partial charge on any atom is -0.379 e. The van der Waals surface area contributed by atoms with Crippen LogP contribution in [-0.2, 0) is 13.6 Å². The Morgan fingerprint density at radius 1 is 1.29 bits per heavy atom. The minimum absolute atomic E-state index is 0.765. The molecule has 0 atom stereocenters. The maximum atomic E-state index is 4.23. The van der Waals surface area contributed by atoms with Crippen molar-refractivity contribution < 1.29 is 0 Å². The van der Waals surface area contributed by atoms with E-state index in [1.54, 1.807) is 0 Å². The lowest BCUT2D eigenvalue weighted by Crippen LogP contribution is -2.02. The van der Waals surface area contributed by atoms with E-state index in [-0.39, 0.29) is 0 Å². The van der Waals surface area contributed by atoms with Crippen LogP contribution in [0.4, 0.5) is 5.69 Å². The number of benzene rings is 1. The van der Waals surface area contributed by atoms with E-state index in [1.165, 1.54) is 11.3 Å². The average Bonchev–Trinajstić information content (AvgIpc) is 2.60. The third kappa shape index (κ3) is 2.72. The first-order valence-electron chi connectivity index (χ1n) is 5.25. The van der Waals surface area contributed by atoms with Crippen LogP contribution >= 0.6 is 31.9 Å². The zero-order chi connectivity index (χ0) is 12.4. The summed E-state index contributed by atoms with van der Waals surface area (Å²) in [5.74, 6) is 0. The van der Waals surface area contributed by atoms with E-state index in [4.69, 9.17) is 0 Å². The fraction of sp³-hybridized carbons (Fsp3) is 0.250. The van der Waals surface area contributed by atoms with Crippen LogP contribution in [-0.4, -0.2) is 9.78 Å². The second-order valence-corrected chi connectivity index (χ2v) is 5.54. The highest BCUT2D eigenvalue weighted by Crippen LogP contribution is 2.30. The Morgan fingerprint density at radius 2 is 1.94 bits per heavy atom. The number of aromatic nitrogens is 2. The molecule has 0 spiro atoms. The van der Waals surface area contributed by atoms with Gasteiger partial charge in [0.25, 0.3) is 0 Å². The molecule has 0 unspecified atom stereocenters. The molecule has 1 N–H and O–H groups in total. The van der Waals surface area contributed by atoms with Gasteiger partial charge in [-0.25, -0.2) is 0 Å². The monoisotopic (exact) mass is 357 g/mol. The van der Waals surface area contributed by atoms with Crippen molar-refractivity contribution in [2.75, 3.05) is 5.32 Å². The highest BCUT2D eigenvalue weighted by atomic mass is 79.9. The third-order valence-electron chi connectivity index (χ3n) is 2.76. The summed E-state index contributed by atoms with van der Waals surface area (Å²) in [6.45, 7) is 2.83. The zero-order valence-electron chi connectivity index (χ0n) is 9.67. The molecule has 2 rings (SSSR count). The van der Waals surface area contributed by atoms with Crippen LogP contribution < -0.4 is 5.32 Å². The van der Waals surface area contributed by atoms with Crippen LogP contribution in [0.15, 0.2) is 33.3 Å². The van der Waals surface area contributed by atoms with Crippen molar-refractivity contribution in [3.63, 3.8) is 0 Å². The van der Waals surface area contributed by atoms with Crippen molar-refractivity contribution in [2.45, 2.75) is 13.5 Å². The molecule has 1 heterocycles. The van der Waals surface area contributed by atoms with Gasteiger partial charge in [0, 0.05) is 33.8 Å². The van der Waals surface area contributed by atoms with Gasteiger partial charge in [0.15, 0.2) is 0 Å². The van der Waals surface area contributed by atoms with Gasteiger partial charge in [-0.1, -0.05) is 6.07 Å². The lowest BCUT2D eigenvalue weighted by molar-refractivity contribution is 0.738. The van der Waals surface area contributed by atoms with Crippen molar-refractivity contribution >= 4 is 37.5 Å². The SMILES string of the molecule is Cc1c(CNc2c(Br)cccc2Br)cnn1C. The number of hydrogen-bond donors (Lipinski definition) is 1. The second kappa shape index (κ2) is 5.23. The molecule has 0 saturated carbocycles. The van der Waals surface area contributed by atoms with Gasteiger partial charge in [0.05, 0.1) is 11.9 Å². The first-order valence-corrected chi connectivity index (χ1v) is 6.83. The van der Waals surface area contributed by atoms with Crippen LogP contribution in [0, 0.1) is 6.92 Å². The smallest absolute Gasteiger partial charge is 0.0631 e. The molecule has 0 aliphatic carbocycles. The van der Waals surface area contributed by atoms with Crippen LogP contribution in [0.5, 0.6) is 0 Å². The van der Waals surface area contributed by atoms with Gasteiger partial charge in [-0.05, 0) is 50.9 Å². The van der Waals surface area contributed by atoms with Crippen molar-refractivity contribution in [1.29, 1.82) is 0 Å². The molecule has 5 heteroatoms. The number of nitrogens with zero attached hydrogens (tertiary/aromatic N) is 2. The van der Waals surface area contributed by atoms with Crippen molar-refractivity contribution in [1.82, 2.24) is 9.78 Å². The Kier molecular flexibility index (Phi) is 3.89. The normalized spacial score (nSPS) is 10.6. The highest BCUT2D eigenvalue weighted by molar-refractivity contribution is 9.11. The van der Waals surface area contributed by atoms with Gasteiger partial charge < -0.3 is 5.32 Å². The molecule has 0 bridgehead atoms. The maximum absolute atomic E-state index is 4.23. The van der Waals surface area contributed by atoms with E-state index >= 15 is 0 Å². The predicted molar refractivity (Wildman–Crippen MR) is 77.1 cm³/mol. The molecular formula is C12H13Br2N3. The summed E-state index contributed by atoms with van der Waals surface area (Å²) >= 11 is 7.06. The number of hydrogen-bond acceptors (Lipinski definition) is 2. The number of aryl methyl sites for hydroxylation is 1. The summed E-state index contributed by atoms with van der Waals surface area (Å²) in [4.78, 5) is 0. The summed E-state index contributed by atoms with van der Waals surface area (Å²) in [7, 11) is 1.95. The molecule has 1 aromatic carbocycles. The fourth-order valence-electron chi connectivity index (χ4n) is 1.57. The molecular weight excluding hydrogens is 346 g/mol. The van der Waals surface area contributed by atoms with Crippen molar-refractivity contribution in [3.8, 4) is 0 Å². The van der Waals surface area contributed by atoms with Gasteiger partial charge in [0.2, 0.25) is 0 Å². The summed E-state index contributed by atoms with van der Waals surface area (Å²) in [5, 5.41) is 7.63. The molecule has 17 heavy (non-hydrogen) atoms. The molecule has 0 saturated heterocycles. The van der Waals surface area contributed by atoms with E-state index in [0.717, 1.165) is 21.2 Å². The van der Waals surface area contributed by atoms with Crippen LogP contribution in [0.25, 0.3) is 0 Å². The van der Waals surface area contributed by atoms with Crippen LogP contribution in [0.3, 0.4) is 0 Å². The molecule has 0 amide bonds. The van der Waals surface area contributed by atoms with Crippen LogP contribution in [0.2, 0.25) is 0 Å². The quantitative estimate of drug-likeness (QED) is 0.902. The zero-order valence-corrected chi connectivity index (χ0v) is 12.8. The number of nitrogens with one attached hydrogen (secondary N) is 1. The van der Waals surface area contributed by atoms with Crippen molar-refractivity contribution in [3.05, 3.63) is 44.6 Å². The lowest BCUT2D eigenvalue weighted by atomic mass is 10.2. The van der Waals surface area contributed by atoms with Gasteiger partial charge in [0.1, 0.15) is 0 Å². The number of para-hydroxylation sites is 1. The Morgan fingerprint density at radius 3 is 2.47 bits per heavy atom. The number of halogens is 2. The van der Waals surface area contributed by atoms with E-state index in [9.17, 15) is 0 Å². The van der Waals surface area contributed by atoms with Gasteiger partial charge in [-0.15, -0.1) is 0 Å². The molecule has 0 aliphatic rings. The molecule has 1 aromatic heterocycles. The van der Waals surface area contributed by atoms with E-state index < -0.39 is 0 Å². The molecule has 3 nitrogen and oxygen atoms in total. The molecule has 0 aliphatic heterocycles. The van der Waals surface area contributed by atoms with E-state index in [2.05, 4.69) is 49.2 Å². The molecule has 90 valence electrons. The first kappa shape index (κ1) is 12.6. The van der Waals surface area contributed by atoms with E-state index in [1.807, 2.05) is 36.1 Å². The Bertz CT molecular complexity index is 514. The number of anilines is 1. The van der Waals surface area contributed by atoms with E-state index in [0.29, 0.717) is 0 Å². The standard InChI is InChI=1S/C12H13Br2N3/c1-8-9(7-16-17(8)2)6-15-12-10(13)4-3-5-11(12)14/h3-5,7,15H,6H2,1-2H3. The van der Waals surface area contributed by atoms with Crippen LogP contribution in [0.1, 0.15) is 11.3 Å². The maximum Gasteiger partial charge on any atom is 0.0631 e. The lowest BCUT2D eigenvalue weighted by Gasteiger charge is -2.10. The topological polar surface area (TPSA) is 29.9 Å². The summed E-state index contributed by atoms with van der Waals surface area (Å²) in [6.07, 6.45) is 1.90. The van der Waals surface area contributed by atoms with Crippen molar-refractivity contribution in [2.24, 2.45) is 7.05 Å². The number of rotatable bonds is 3. The molecule has 2 aromatic rings. The van der Waals surface area contributed by atoms with Gasteiger partial charge >= 0.3 is 0 Å². The fourth-order valence-corrected chi connectivity index (χ4v) is 2.85. The average molecular weight is 359 g/mol. The summed E-state index contributed by atoms with van der Waals surface area (Å²) in [5.41, 5.74) is 3.45.